The Labute approximate surface area is 185 Å². The van der Waals surface area contributed by atoms with Crippen molar-refractivity contribution in [2.75, 3.05) is 0 Å². The Morgan fingerprint density at radius 2 is 1.75 bits per heavy atom. The average Bonchev–Trinajstić information content (AvgIpc) is 2.83. The van der Waals surface area contributed by atoms with Crippen LogP contribution in [-0.2, 0) is 17.8 Å². The van der Waals surface area contributed by atoms with Gasteiger partial charge in [0.2, 0.25) is 5.91 Å². The van der Waals surface area contributed by atoms with E-state index in [0.717, 1.165) is 27.6 Å². The van der Waals surface area contributed by atoms with E-state index in [2.05, 4.69) is 4.98 Å². The summed E-state index contributed by atoms with van der Waals surface area (Å²) in [5.41, 5.74) is 11.3. The third kappa shape index (κ3) is 3.39. The van der Waals surface area contributed by atoms with E-state index in [1.54, 1.807) is 17.2 Å². The summed E-state index contributed by atoms with van der Waals surface area (Å²) in [6, 6.07) is 20.3. The molecule has 5 rings (SSSR count). The lowest BCUT2D eigenvalue weighted by molar-refractivity contribution is -0.122. The summed E-state index contributed by atoms with van der Waals surface area (Å²) in [6.45, 7) is 2.30. The van der Waals surface area contributed by atoms with Crippen molar-refractivity contribution < 1.29 is 9.59 Å². The van der Waals surface area contributed by atoms with Crippen molar-refractivity contribution in [3.63, 3.8) is 0 Å². The maximum atomic E-state index is 13.9. The van der Waals surface area contributed by atoms with Crippen LogP contribution in [0, 0.1) is 6.92 Å². The Balaban J connectivity index is 1.67. The summed E-state index contributed by atoms with van der Waals surface area (Å²) in [5.74, 6) is -0.745. The number of rotatable bonds is 3. The minimum absolute atomic E-state index is 0.238. The van der Waals surface area contributed by atoms with Crippen LogP contribution in [0.2, 0.25) is 0 Å². The van der Waals surface area contributed by atoms with Gasteiger partial charge in [-0.3, -0.25) is 14.6 Å². The number of aromatic nitrogens is 2. The standard InChI is InChI=1S/C26H22N4O2/c1-16-7-6-10-19-20(14-22(29-24(16)19)21-11-4-5-12-28-21)26(32)30-15-18-9-3-2-8-17(18)13-23(30)25(27)31/h2-12,14,23H,13,15H2,1H3,(H2,27,31)/t23-/m1/s1. The fraction of sp³-hybridized carbons (Fsp3) is 0.154. The van der Waals surface area contributed by atoms with Crippen LogP contribution in [0.5, 0.6) is 0 Å². The topological polar surface area (TPSA) is 89.2 Å². The van der Waals surface area contributed by atoms with Crippen LogP contribution in [0.4, 0.5) is 0 Å². The third-order valence-electron chi connectivity index (χ3n) is 6.04. The van der Waals surface area contributed by atoms with Crippen molar-refractivity contribution in [1.82, 2.24) is 14.9 Å². The third-order valence-corrected chi connectivity index (χ3v) is 6.04. The summed E-state index contributed by atoms with van der Waals surface area (Å²) < 4.78 is 0. The molecule has 1 atom stereocenters. The van der Waals surface area contributed by atoms with Crippen LogP contribution in [0.3, 0.4) is 0 Å². The molecule has 4 aromatic rings. The van der Waals surface area contributed by atoms with Gasteiger partial charge in [0.1, 0.15) is 6.04 Å². The second kappa shape index (κ2) is 7.89. The minimum Gasteiger partial charge on any atom is -0.368 e. The van der Waals surface area contributed by atoms with E-state index >= 15 is 0 Å². The van der Waals surface area contributed by atoms with Gasteiger partial charge in [0.05, 0.1) is 22.5 Å². The van der Waals surface area contributed by atoms with E-state index in [1.165, 1.54) is 0 Å². The van der Waals surface area contributed by atoms with Crippen molar-refractivity contribution in [3.05, 3.63) is 95.2 Å². The van der Waals surface area contributed by atoms with Crippen molar-refractivity contribution in [1.29, 1.82) is 0 Å². The number of para-hydroxylation sites is 1. The van der Waals surface area contributed by atoms with Gasteiger partial charge in [-0.15, -0.1) is 0 Å². The maximum absolute atomic E-state index is 13.9. The molecule has 0 unspecified atom stereocenters. The number of pyridine rings is 2. The summed E-state index contributed by atoms with van der Waals surface area (Å²) in [6.07, 6.45) is 2.11. The highest BCUT2D eigenvalue weighted by molar-refractivity contribution is 6.09. The predicted octanol–water partition coefficient (Wildman–Crippen LogP) is 3.66. The molecule has 2 N–H and O–H groups in total. The number of nitrogens with two attached hydrogens (primary N) is 1. The van der Waals surface area contributed by atoms with Crippen LogP contribution in [0.25, 0.3) is 22.3 Å². The fourth-order valence-electron chi connectivity index (χ4n) is 4.36. The number of benzene rings is 2. The molecule has 0 radical (unpaired) electrons. The molecule has 6 heteroatoms. The first-order valence-corrected chi connectivity index (χ1v) is 10.5. The van der Waals surface area contributed by atoms with Gasteiger partial charge in [0, 0.05) is 24.5 Å². The summed E-state index contributed by atoms with van der Waals surface area (Å²) >= 11 is 0. The lowest BCUT2D eigenvalue weighted by Crippen LogP contribution is -2.51. The van der Waals surface area contributed by atoms with Crippen LogP contribution >= 0.6 is 0 Å². The largest absolute Gasteiger partial charge is 0.368 e. The highest BCUT2D eigenvalue weighted by Crippen LogP contribution is 2.30. The van der Waals surface area contributed by atoms with Crippen molar-refractivity contribution >= 4 is 22.7 Å². The highest BCUT2D eigenvalue weighted by Gasteiger charge is 2.34. The fourth-order valence-corrected chi connectivity index (χ4v) is 4.36. The number of carbonyl (C=O) groups is 2. The molecular formula is C26H22N4O2. The molecule has 0 saturated heterocycles. The van der Waals surface area contributed by atoms with Crippen molar-refractivity contribution in [2.24, 2.45) is 5.73 Å². The van der Waals surface area contributed by atoms with E-state index in [-0.39, 0.29) is 5.91 Å². The number of hydrogen-bond donors (Lipinski definition) is 1. The molecule has 0 aliphatic carbocycles. The molecule has 0 saturated carbocycles. The number of amides is 2. The average molecular weight is 422 g/mol. The molecule has 1 aliphatic heterocycles. The molecule has 1 aliphatic rings. The van der Waals surface area contributed by atoms with Gasteiger partial charge in [-0.05, 0) is 41.8 Å². The zero-order chi connectivity index (χ0) is 22.2. The predicted molar refractivity (Wildman–Crippen MR) is 123 cm³/mol. The van der Waals surface area contributed by atoms with Crippen LogP contribution in [-0.4, -0.2) is 32.7 Å². The Kier molecular flexibility index (Phi) is 4.90. The van der Waals surface area contributed by atoms with Crippen molar-refractivity contribution in [3.8, 4) is 11.4 Å². The molecule has 2 aromatic carbocycles. The lowest BCUT2D eigenvalue weighted by Gasteiger charge is -2.35. The molecule has 0 fully saturated rings. The SMILES string of the molecule is Cc1cccc2c(C(=O)N3Cc4ccccc4C[C@@H]3C(N)=O)cc(-c3ccccn3)nc12. The minimum atomic E-state index is -0.705. The summed E-state index contributed by atoms with van der Waals surface area (Å²) in [5, 5.41) is 0.747. The maximum Gasteiger partial charge on any atom is 0.255 e. The highest BCUT2D eigenvalue weighted by atomic mass is 16.2. The number of fused-ring (bicyclic) bond motifs is 2. The molecule has 158 valence electrons. The van der Waals surface area contributed by atoms with Gasteiger partial charge in [0.15, 0.2) is 0 Å². The van der Waals surface area contributed by atoms with Gasteiger partial charge < -0.3 is 10.6 Å². The number of carbonyl (C=O) groups excluding carboxylic acids is 2. The first kappa shape index (κ1) is 19.9. The second-order valence-electron chi connectivity index (χ2n) is 8.07. The molecule has 6 nitrogen and oxygen atoms in total. The monoisotopic (exact) mass is 422 g/mol. The Morgan fingerprint density at radius 1 is 0.969 bits per heavy atom. The van der Waals surface area contributed by atoms with Gasteiger partial charge in [0.25, 0.3) is 5.91 Å². The molecule has 32 heavy (non-hydrogen) atoms. The van der Waals surface area contributed by atoms with E-state index < -0.39 is 11.9 Å². The molecular weight excluding hydrogens is 400 g/mol. The van der Waals surface area contributed by atoms with E-state index in [4.69, 9.17) is 10.7 Å². The van der Waals surface area contributed by atoms with Gasteiger partial charge in [-0.25, -0.2) is 4.98 Å². The van der Waals surface area contributed by atoms with Crippen molar-refractivity contribution in [2.45, 2.75) is 25.9 Å². The number of aryl methyl sites for hydroxylation is 1. The number of hydrogen-bond acceptors (Lipinski definition) is 4. The summed E-state index contributed by atoms with van der Waals surface area (Å²) in [7, 11) is 0. The zero-order valence-electron chi connectivity index (χ0n) is 17.7. The molecule has 3 heterocycles. The number of nitrogens with zero attached hydrogens (tertiary/aromatic N) is 3. The lowest BCUT2D eigenvalue weighted by atomic mass is 9.92. The van der Waals surface area contributed by atoms with Crippen LogP contribution < -0.4 is 5.73 Å². The number of primary amides is 1. The van der Waals surface area contributed by atoms with E-state index in [0.29, 0.717) is 29.9 Å². The van der Waals surface area contributed by atoms with Gasteiger partial charge in [-0.1, -0.05) is 48.5 Å². The molecule has 0 bridgehead atoms. The smallest absolute Gasteiger partial charge is 0.255 e. The Hall–Kier alpha value is -4.06. The van der Waals surface area contributed by atoms with Gasteiger partial charge >= 0.3 is 0 Å². The first-order chi connectivity index (χ1) is 15.5. The van der Waals surface area contributed by atoms with Gasteiger partial charge in [-0.2, -0.15) is 0 Å². The van der Waals surface area contributed by atoms with E-state index in [1.807, 2.05) is 67.6 Å². The Morgan fingerprint density at radius 3 is 2.50 bits per heavy atom. The molecule has 2 aromatic heterocycles. The molecule has 0 spiro atoms. The second-order valence-corrected chi connectivity index (χ2v) is 8.07. The molecule has 2 amide bonds. The van der Waals surface area contributed by atoms with Crippen LogP contribution in [0.15, 0.2) is 72.9 Å². The van der Waals surface area contributed by atoms with E-state index in [9.17, 15) is 9.59 Å². The zero-order valence-corrected chi connectivity index (χ0v) is 17.7. The normalized spacial score (nSPS) is 15.4. The Bertz CT molecular complexity index is 1350. The van der Waals surface area contributed by atoms with Crippen LogP contribution in [0.1, 0.15) is 27.0 Å². The quantitative estimate of drug-likeness (QED) is 0.546. The first-order valence-electron chi connectivity index (χ1n) is 10.5. The summed E-state index contributed by atoms with van der Waals surface area (Å²) in [4.78, 5) is 37.0.